The van der Waals surface area contributed by atoms with E-state index in [0.717, 1.165) is 48.4 Å². The second-order valence-electron chi connectivity index (χ2n) is 11.7. The molecule has 2 aliphatic heterocycles. The van der Waals surface area contributed by atoms with Crippen LogP contribution in [-0.2, 0) is 17.8 Å². The van der Waals surface area contributed by atoms with Crippen molar-refractivity contribution in [2.45, 2.75) is 76.2 Å². The van der Waals surface area contributed by atoms with E-state index in [0.29, 0.717) is 17.0 Å². The molecule has 3 aromatic rings. The number of fused-ring (bicyclic) bond motifs is 1. The van der Waals surface area contributed by atoms with Crippen LogP contribution in [-0.4, -0.2) is 45.3 Å². The first-order chi connectivity index (χ1) is 19.4. The maximum Gasteiger partial charge on any atom is 0.309 e. The Morgan fingerprint density at radius 1 is 1.15 bits per heavy atom. The zero-order valence-corrected chi connectivity index (χ0v) is 23.3. The molecule has 210 valence electrons. The molecule has 1 aliphatic carbocycles. The van der Waals surface area contributed by atoms with Gasteiger partial charge >= 0.3 is 5.97 Å². The Morgan fingerprint density at radius 3 is 2.77 bits per heavy atom. The summed E-state index contributed by atoms with van der Waals surface area (Å²) in [6, 6.07) is 16.3. The topological polar surface area (TPSA) is 92.1 Å². The number of hydrogen-bond donors (Lipinski definition) is 2. The molecule has 2 aromatic carbocycles. The maximum absolute atomic E-state index is 11.4. The average Bonchev–Trinajstić information content (AvgIpc) is 3.76. The molecule has 2 fully saturated rings. The van der Waals surface area contributed by atoms with E-state index in [2.05, 4.69) is 28.1 Å². The van der Waals surface area contributed by atoms with Gasteiger partial charge in [0.1, 0.15) is 11.9 Å². The Morgan fingerprint density at radius 2 is 2.00 bits per heavy atom. The van der Waals surface area contributed by atoms with E-state index in [-0.39, 0.29) is 6.10 Å². The number of aryl methyl sites for hydroxylation is 1. The van der Waals surface area contributed by atoms with Crippen molar-refractivity contribution in [3.05, 3.63) is 77.0 Å². The molecule has 1 saturated carbocycles. The SMILES string of the molecule is COc1cc(-c2ccc(C3CCc4ccc([C@H](O)[C@H](C)C(=O)O)cc4O3)cc2CN2CCCCC23CC3)ccn1. The van der Waals surface area contributed by atoms with Crippen LogP contribution in [0.4, 0.5) is 0 Å². The van der Waals surface area contributed by atoms with Crippen molar-refractivity contribution in [3.8, 4) is 22.8 Å². The number of rotatable bonds is 8. The average molecular weight is 543 g/mol. The van der Waals surface area contributed by atoms with Crippen LogP contribution >= 0.6 is 0 Å². The van der Waals surface area contributed by atoms with Crippen molar-refractivity contribution in [1.82, 2.24) is 9.88 Å². The number of likely N-dealkylation sites (tertiary alicyclic amines) is 1. The highest BCUT2D eigenvalue weighted by molar-refractivity contribution is 5.71. The number of aliphatic hydroxyl groups is 1. The minimum Gasteiger partial charge on any atom is -0.485 e. The largest absolute Gasteiger partial charge is 0.485 e. The molecule has 0 amide bonds. The summed E-state index contributed by atoms with van der Waals surface area (Å²) >= 11 is 0. The Bertz CT molecular complexity index is 1400. The van der Waals surface area contributed by atoms with Gasteiger partial charge in [-0.2, -0.15) is 0 Å². The predicted octanol–water partition coefficient (Wildman–Crippen LogP) is 6.10. The fourth-order valence-electron chi connectivity index (χ4n) is 6.46. The summed E-state index contributed by atoms with van der Waals surface area (Å²) in [5, 5.41) is 20.0. The molecule has 7 heteroatoms. The summed E-state index contributed by atoms with van der Waals surface area (Å²) in [5.41, 5.74) is 6.74. The number of aliphatic carboxylic acids is 1. The van der Waals surface area contributed by atoms with Crippen LogP contribution in [0, 0.1) is 5.92 Å². The highest BCUT2D eigenvalue weighted by Crippen LogP contribution is 2.49. The molecule has 1 saturated heterocycles. The standard InChI is InChI=1S/C33H38N2O5/c1-21(32(37)38)31(36)25-6-5-22-8-10-28(40-29(22)18-25)24-7-9-27(23-11-15-34-30(19-23)39-2)26(17-24)20-35-16-4-3-12-33(35)13-14-33/h5-7,9,11,15,17-19,21,28,31,36H,3-4,8,10,12-14,16,20H2,1-2H3,(H,37,38)/t21-,28?,31+/m0/s1. The Balaban J connectivity index is 1.31. The van der Waals surface area contributed by atoms with Gasteiger partial charge in [0, 0.05) is 24.3 Å². The van der Waals surface area contributed by atoms with Crippen molar-refractivity contribution < 1.29 is 24.5 Å². The number of nitrogens with zero attached hydrogens (tertiary/aromatic N) is 2. The third-order valence-corrected chi connectivity index (χ3v) is 9.18. The molecular weight excluding hydrogens is 504 g/mol. The second kappa shape index (κ2) is 10.9. The van der Waals surface area contributed by atoms with Gasteiger partial charge in [-0.3, -0.25) is 9.69 Å². The van der Waals surface area contributed by atoms with E-state index in [1.54, 1.807) is 13.3 Å². The van der Waals surface area contributed by atoms with Crippen LogP contribution in [0.3, 0.4) is 0 Å². The lowest BCUT2D eigenvalue weighted by molar-refractivity contribution is -0.145. The lowest BCUT2D eigenvalue weighted by atomic mass is 9.90. The fourth-order valence-corrected chi connectivity index (χ4v) is 6.46. The molecule has 3 heterocycles. The van der Waals surface area contributed by atoms with Gasteiger partial charge in [-0.25, -0.2) is 4.98 Å². The summed E-state index contributed by atoms with van der Waals surface area (Å²) in [5.74, 6) is -0.594. The molecule has 3 aliphatic rings. The number of methoxy groups -OCH3 is 1. The Hall–Kier alpha value is -3.42. The summed E-state index contributed by atoms with van der Waals surface area (Å²) in [7, 11) is 1.64. The molecule has 1 unspecified atom stereocenters. The Labute approximate surface area is 235 Å². The quantitative estimate of drug-likeness (QED) is 0.356. The summed E-state index contributed by atoms with van der Waals surface area (Å²) < 4.78 is 12.0. The molecule has 7 nitrogen and oxygen atoms in total. The van der Waals surface area contributed by atoms with Gasteiger partial charge in [0.15, 0.2) is 0 Å². The van der Waals surface area contributed by atoms with Gasteiger partial charge in [-0.15, -0.1) is 0 Å². The number of carboxylic acid groups (broad SMARTS) is 1. The number of pyridine rings is 1. The lowest BCUT2D eigenvalue weighted by Gasteiger charge is -2.37. The van der Waals surface area contributed by atoms with Crippen molar-refractivity contribution in [1.29, 1.82) is 0 Å². The molecule has 1 spiro atoms. The zero-order chi connectivity index (χ0) is 27.9. The number of hydrogen-bond acceptors (Lipinski definition) is 6. The molecule has 0 bridgehead atoms. The van der Waals surface area contributed by atoms with Crippen molar-refractivity contribution in [2.75, 3.05) is 13.7 Å². The number of ether oxygens (including phenoxy) is 2. The van der Waals surface area contributed by atoms with E-state index < -0.39 is 18.0 Å². The summed E-state index contributed by atoms with van der Waals surface area (Å²) in [6.45, 7) is 3.56. The highest BCUT2D eigenvalue weighted by atomic mass is 16.5. The van der Waals surface area contributed by atoms with Gasteiger partial charge < -0.3 is 19.7 Å². The van der Waals surface area contributed by atoms with Gasteiger partial charge in [-0.05, 0) is 97.5 Å². The number of benzene rings is 2. The lowest BCUT2D eigenvalue weighted by Crippen LogP contribution is -2.40. The molecule has 2 N–H and O–H groups in total. The second-order valence-corrected chi connectivity index (χ2v) is 11.7. The highest BCUT2D eigenvalue weighted by Gasteiger charge is 2.48. The number of carboxylic acids is 1. The van der Waals surface area contributed by atoms with E-state index in [1.165, 1.54) is 50.2 Å². The number of aromatic nitrogens is 1. The minimum atomic E-state index is -1.09. The maximum atomic E-state index is 11.4. The van der Waals surface area contributed by atoms with Crippen molar-refractivity contribution >= 4 is 5.97 Å². The third-order valence-electron chi connectivity index (χ3n) is 9.18. The predicted molar refractivity (Wildman–Crippen MR) is 152 cm³/mol. The summed E-state index contributed by atoms with van der Waals surface area (Å²) in [6.07, 6.45) is 8.76. The third kappa shape index (κ3) is 5.20. The van der Waals surface area contributed by atoms with Gasteiger partial charge in [0.05, 0.1) is 19.1 Å². The molecule has 1 aromatic heterocycles. The molecule has 40 heavy (non-hydrogen) atoms. The monoisotopic (exact) mass is 542 g/mol. The summed E-state index contributed by atoms with van der Waals surface area (Å²) in [4.78, 5) is 18.4. The number of aliphatic hydroxyl groups excluding tert-OH is 1. The van der Waals surface area contributed by atoms with Crippen molar-refractivity contribution in [2.24, 2.45) is 5.92 Å². The van der Waals surface area contributed by atoms with Gasteiger partial charge in [0.2, 0.25) is 5.88 Å². The minimum absolute atomic E-state index is 0.118. The van der Waals surface area contributed by atoms with E-state index in [4.69, 9.17) is 9.47 Å². The van der Waals surface area contributed by atoms with Gasteiger partial charge in [-0.1, -0.05) is 36.8 Å². The van der Waals surface area contributed by atoms with Crippen LogP contribution in [0.2, 0.25) is 0 Å². The van der Waals surface area contributed by atoms with E-state index >= 15 is 0 Å². The molecule has 3 atom stereocenters. The van der Waals surface area contributed by atoms with Crippen molar-refractivity contribution in [3.63, 3.8) is 0 Å². The molecular formula is C33H38N2O5. The number of piperidine rings is 1. The molecule has 6 rings (SSSR count). The zero-order valence-electron chi connectivity index (χ0n) is 23.3. The Kier molecular flexibility index (Phi) is 7.27. The first kappa shape index (κ1) is 26.8. The van der Waals surface area contributed by atoms with Crippen LogP contribution in [0.25, 0.3) is 11.1 Å². The van der Waals surface area contributed by atoms with Gasteiger partial charge in [0.25, 0.3) is 0 Å². The van der Waals surface area contributed by atoms with Crippen LogP contribution < -0.4 is 9.47 Å². The van der Waals surface area contributed by atoms with Crippen LogP contribution in [0.1, 0.15) is 79.9 Å². The number of carbonyl (C=O) groups is 1. The first-order valence-corrected chi connectivity index (χ1v) is 14.5. The van der Waals surface area contributed by atoms with Crippen LogP contribution in [0.5, 0.6) is 11.6 Å². The molecule has 0 radical (unpaired) electrons. The smallest absolute Gasteiger partial charge is 0.309 e. The van der Waals surface area contributed by atoms with E-state index in [9.17, 15) is 15.0 Å². The van der Waals surface area contributed by atoms with E-state index in [1.807, 2.05) is 30.3 Å². The van der Waals surface area contributed by atoms with Crippen LogP contribution in [0.15, 0.2) is 54.7 Å². The normalized spacial score (nSPS) is 21.2. The first-order valence-electron chi connectivity index (χ1n) is 14.5. The fraction of sp³-hybridized carbons (Fsp3) is 0.455.